The predicted molar refractivity (Wildman–Crippen MR) is 88.7 cm³/mol. The zero-order chi connectivity index (χ0) is 15.4. The van der Waals surface area contributed by atoms with Crippen LogP contribution in [0.4, 0.5) is 9.93 Å². The lowest BCUT2D eigenvalue weighted by Crippen LogP contribution is -2.61. The Kier molecular flexibility index (Phi) is 4.37. The highest BCUT2D eigenvalue weighted by atomic mass is 32.1. The lowest BCUT2D eigenvalue weighted by Gasteiger charge is -2.34. The van der Waals surface area contributed by atoms with Crippen LogP contribution in [0.3, 0.4) is 0 Å². The van der Waals surface area contributed by atoms with Crippen molar-refractivity contribution in [3.63, 3.8) is 0 Å². The van der Waals surface area contributed by atoms with Crippen LogP contribution in [0.5, 0.6) is 0 Å². The van der Waals surface area contributed by atoms with Gasteiger partial charge in [0.25, 0.3) is 0 Å². The summed E-state index contributed by atoms with van der Waals surface area (Å²) in [6, 6.07) is 9.65. The maximum absolute atomic E-state index is 12.1. The Bertz CT molecular complexity index is 636. The molecule has 2 heterocycles. The average molecular weight is 317 g/mol. The predicted octanol–water partition coefficient (Wildman–Crippen LogP) is 1.97. The zero-order valence-electron chi connectivity index (χ0n) is 12.1. The molecule has 1 aromatic heterocycles. The largest absolute Gasteiger partial charge is 0.322 e. The van der Waals surface area contributed by atoms with E-state index < -0.39 is 5.66 Å². The smallest absolute Gasteiger partial charge is 0.320 e. The zero-order valence-corrected chi connectivity index (χ0v) is 13.0. The number of hydrogen-bond donors (Lipinski definition) is 4. The molecule has 116 valence electrons. The molecule has 1 aliphatic rings. The molecule has 0 bridgehead atoms. The summed E-state index contributed by atoms with van der Waals surface area (Å²) >= 11 is 1.44. The first kappa shape index (κ1) is 15.0. The van der Waals surface area contributed by atoms with Gasteiger partial charge in [0.1, 0.15) is 0 Å². The third-order valence-electron chi connectivity index (χ3n) is 3.64. The Morgan fingerprint density at radius 3 is 2.73 bits per heavy atom. The normalized spacial score (nSPS) is 17.0. The molecule has 0 radical (unpaired) electrons. The van der Waals surface area contributed by atoms with E-state index in [2.05, 4.69) is 20.9 Å². The van der Waals surface area contributed by atoms with E-state index in [1.165, 1.54) is 11.3 Å². The van der Waals surface area contributed by atoms with Crippen LogP contribution in [0.15, 0.2) is 36.5 Å². The molecule has 3 rings (SSSR count). The van der Waals surface area contributed by atoms with Gasteiger partial charge in [-0.2, -0.15) is 0 Å². The van der Waals surface area contributed by atoms with Crippen LogP contribution in [0, 0.1) is 0 Å². The highest BCUT2D eigenvalue weighted by molar-refractivity contribution is 7.19. The average Bonchev–Trinajstić information content (AvgIpc) is 2.96. The number of amides is 2. The molecule has 1 aliphatic heterocycles. The number of hydrogen-bond acceptors (Lipinski definition) is 5. The fourth-order valence-electron chi connectivity index (χ4n) is 2.42. The number of urea groups is 1. The van der Waals surface area contributed by atoms with Crippen LogP contribution in [-0.4, -0.2) is 29.8 Å². The van der Waals surface area contributed by atoms with Gasteiger partial charge in [-0.05, 0) is 31.5 Å². The highest BCUT2D eigenvalue weighted by Gasteiger charge is 2.29. The molecule has 6 nitrogen and oxygen atoms in total. The van der Waals surface area contributed by atoms with Crippen LogP contribution in [-0.2, 0) is 0 Å². The summed E-state index contributed by atoms with van der Waals surface area (Å²) in [6.45, 7) is 1.62. The van der Waals surface area contributed by atoms with Crippen molar-refractivity contribution in [1.29, 1.82) is 0 Å². The second kappa shape index (κ2) is 6.43. The molecule has 2 amide bonds. The third kappa shape index (κ3) is 3.62. The van der Waals surface area contributed by atoms with E-state index in [4.69, 9.17) is 5.73 Å². The van der Waals surface area contributed by atoms with Gasteiger partial charge >= 0.3 is 6.03 Å². The van der Waals surface area contributed by atoms with E-state index in [1.54, 1.807) is 6.20 Å². The van der Waals surface area contributed by atoms with Gasteiger partial charge < -0.3 is 16.4 Å². The molecule has 2 aromatic rings. The van der Waals surface area contributed by atoms with Gasteiger partial charge in [0, 0.05) is 6.20 Å². The minimum absolute atomic E-state index is 0.307. The molecule has 0 spiro atoms. The van der Waals surface area contributed by atoms with Crippen LogP contribution in [0.2, 0.25) is 0 Å². The number of piperidine rings is 1. The van der Waals surface area contributed by atoms with E-state index in [1.807, 2.05) is 30.3 Å². The number of carbonyl (C=O) groups excluding carboxylic acids is 1. The molecule has 1 fully saturated rings. The number of benzene rings is 1. The van der Waals surface area contributed by atoms with Crippen molar-refractivity contribution in [2.24, 2.45) is 5.73 Å². The summed E-state index contributed by atoms with van der Waals surface area (Å²) < 4.78 is 0. The van der Waals surface area contributed by atoms with Crippen molar-refractivity contribution >= 4 is 22.5 Å². The fraction of sp³-hybridized carbons (Fsp3) is 0.333. The van der Waals surface area contributed by atoms with E-state index >= 15 is 0 Å². The summed E-state index contributed by atoms with van der Waals surface area (Å²) in [5.41, 5.74) is 6.62. The van der Waals surface area contributed by atoms with Gasteiger partial charge in [-0.1, -0.05) is 41.7 Å². The van der Waals surface area contributed by atoms with Crippen molar-refractivity contribution in [1.82, 2.24) is 15.6 Å². The molecule has 0 saturated carbocycles. The third-order valence-corrected chi connectivity index (χ3v) is 4.60. The molecular weight excluding hydrogens is 298 g/mol. The number of nitrogens with one attached hydrogen (secondary N) is 3. The maximum Gasteiger partial charge on any atom is 0.322 e. The SMILES string of the molecule is NC1(NC(=O)Nc2ncc(-c3ccccc3)s2)CCNCC1. The molecule has 7 heteroatoms. The number of aromatic nitrogens is 1. The first-order chi connectivity index (χ1) is 10.6. The number of rotatable bonds is 3. The Morgan fingerprint density at radius 2 is 2.00 bits per heavy atom. The lowest BCUT2D eigenvalue weighted by atomic mass is 10.00. The number of thiazole rings is 1. The van der Waals surface area contributed by atoms with E-state index in [-0.39, 0.29) is 6.03 Å². The van der Waals surface area contributed by atoms with Crippen molar-refractivity contribution in [2.75, 3.05) is 18.4 Å². The van der Waals surface area contributed by atoms with Gasteiger partial charge in [-0.25, -0.2) is 9.78 Å². The molecule has 0 atom stereocenters. The summed E-state index contributed by atoms with van der Waals surface area (Å²) in [4.78, 5) is 17.3. The van der Waals surface area contributed by atoms with Gasteiger partial charge in [0.15, 0.2) is 5.13 Å². The molecular formula is C15H19N5OS. The minimum atomic E-state index is -0.644. The molecule has 22 heavy (non-hydrogen) atoms. The Hall–Kier alpha value is -1.96. The number of nitrogens with zero attached hydrogens (tertiary/aromatic N) is 1. The quantitative estimate of drug-likeness (QED) is 0.651. The topological polar surface area (TPSA) is 92.1 Å². The molecule has 1 saturated heterocycles. The molecule has 1 aromatic carbocycles. The second-order valence-corrected chi connectivity index (χ2v) is 6.41. The van der Waals surface area contributed by atoms with Crippen molar-refractivity contribution in [3.05, 3.63) is 36.5 Å². The van der Waals surface area contributed by atoms with E-state index in [9.17, 15) is 4.79 Å². The number of anilines is 1. The van der Waals surface area contributed by atoms with Gasteiger partial charge in [0.2, 0.25) is 0 Å². The van der Waals surface area contributed by atoms with E-state index in [0.29, 0.717) is 18.0 Å². The standard InChI is InChI=1S/C15H19N5OS/c16-15(6-8-17-9-7-15)20-13(21)19-14-18-10-12(22-14)11-4-2-1-3-5-11/h1-5,10,17H,6-9,16H2,(H2,18,19,20,21). The van der Waals surface area contributed by atoms with Gasteiger partial charge in [0.05, 0.1) is 10.5 Å². The highest BCUT2D eigenvalue weighted by Crippen LogP contribution is 2.28. The van der Waals surface area contributed by atoms with Crippen LogP contribution < -0.4 is 21.7 Å². The maximum atomic E-state index is 12.1. The van der Waals surface area contributed by atoms with Crippen molar-refractivity contribution in [3.8, 4) is 10.4 Å². The first-order valence-corrected chi connectivity index (χ1v) is 8.06. The summed E-state index contributed by atoms with van der Waals surface area (Å²) in [7, 11) is 0. The number of carbonyl (C=O) groups is 1. The Labute approximate surface area is 133 Å². The first-order valence-electron chi connectivity index (χ1n) is 7.25. The fourth-order valence-corrected chi connectivity index (χ4v) is 3.24. The van der Waals surface area contributed by atoms with E-state index in [0.717, 1.165) is 23.5 Å². The molecule has 0 unspecified atom stereocenters. The van der Waals surface area contributed by atoms with Crippen molar-refractivity contribution < 1.29 is 4.79 Å². The lowest BCUT2D eigenvalue weighted by molar-refractivity contribution is 0.220. The Balaban J connectivity index is 1.61. The van der Waals surface area contributed by atoms with Gasteiger partial charge in [-0.3, -0.25) is 5.32 Å². The van der Waals surface area contributed by atoms with Crippen LogP contribution in [0.25, 0.3) is 10.4 Å². The monoisotopic (exact) mass is 317 g/mol. The molecule has 5 N–H and O–H groups in total. The Morgan fingerprint density at radius 1 is 1.27 bits per heavy atom. The second-order valence-electron chi connectivity index (χ2n) is 5.38. The van der Waals surface area contributed by atoms with Crippen molar-refractivity contribution in [2.45, 2.75) is 18.5 Å². The number of nitrogens with two attached hydrogens (primary N) is 1. The minimum Gasteiger partial charge on any atom is -0.320 e. The summed E-state index contributed by atoms with van der Waals surface area (Å²) in [5, 5.41) is 9.39. The molecule has 0 aliphatic carbocycles. The summed E-state index contributed by atoms with van der Waals surface area (Å²) in [5.74, 6) is 0. The van der Waals surface area contributed by atoms with Gasteiger partial charge in [-0.15, -0.1) is 0 Å². The van der Waals surface area contributed by atoms with Crippen LogP contribution in [0.1, 0.15) is 12.8 Å². The van der Waals surface area contributed by atoms with Crippen LogP contribution >= 0.6 is 11.3 Å². The summed E-state index contributed by atoms with van der Waals surface area (Å²) in [6.07, 6.45) is 3.19.